The van der Waals surface area contributed by atoms with Gasteiger partial charge in [0.2, 0.25) is 0 Å². The monoisotopic (exact) mass is 346 g/mol. The lowest BCUT2D eigenvalue weighted by Gasteiger charge is -2.40. The number of aldehydes is 1. The zero-order valence-corrected chi connectivity index (χ0v) is 16.5. The van der Waals surface area contributed by atoms with Gasteiger partial charge in [-0.1, -0.05) is 20.8 Å². The van der Waals surface area contributed by atoms with Crippen LogP contribution in [0.1, 0.15) is 41.0 Å². The zero-order chi connectivity index (χ0) is 18.1. The summed E-state index contributed by atoms with van der Waals surface area (Å²) in [5.41, 5.74) is 0. The minimum absolute atomic E-state index is 0.0239. The van der Waals surface area contributed by atoms with Crippen molar-refractivity contribution in [2.45, 2.75) is 83.3 Å². The van der Waals surface area contributed by atoms with Gasteiger partial charge in [-0.2, -0.15) is 0 Å². The van der Waals surface area contributed by atoms with Gasteiger partial charge in [0.15, 0.2) is 20.2 Å². The van der Waals surface area contributed by atoms with Crippen molar-refractivity contribution in [3.63, 3.8) is 0 Å². The maximum Gasteiger partial charge on any atom is 0.337 e. The summed E-state index contributed by atoms with van der Waals surface area (Å²) in [5.74, 6) is -1.45. The number of methoxy groups -OCH3 is 1. The quantitative estimate of drug-likeness (QED) is 0.418. The van der Waals surface area contributed by atoms with Gasteiger partial charge < -0.3 is 23.4 Å². The summed E-state index contributed by atoms with van der Waals surface area (Å²) in [6, 6.07) is 0. The van der Waals surface area contributed by atoms with Gasteiger partial charge >= 0.3 is 5.97 Å². The molecule has 23 heavy (non-hydrogen) atoms. The fraction of sp³-hybridized carbons (Fsp3) is 0.875. The summed E-state index contributed by atoms with van der Waals surface area (Å²) in [7, 11) is -0.837. The lowest BCUT2D eigenvalue weighted by molar-refractivity contribution is -0.169. The van der Waals surface area contributed by atoms with Crippen molar-refractivity contribution < 1.29 is 28.2 Å². The van der Waals surface area contributed by atoms with Gasteiger partial charge in [-0.25, -0.2) is 4.79 Å². The van der Waals surface area contributed by atoms with Gasteiger partial charge in [0.1, 0.15) is 12.4 Å². The molecule has 0 spiro atoms. The van der Waals surface area contributed by atoms with Crippen LogP contribution < -0.4 is 0 Å². The largest absolute Gasteiger partial charge is 0.467 e. The van der Waals surface area contributed by atoms with E-state index in [2.05, 4.69) is 33.9 Å². The summed E-state index contributed by atoms with van der Waals surface area (Å²) in [5, 5.41) is -0.0239. The molecule has 6 nitrogen and oxygen atoms in total. The Kier molecular flexibility index (Phi) is 6.18. The fourth-order valence-electron chi connectivity index (χ4n) is 2.26. The fourth-order valence-corrected chi connectivity index (χ4v) is 3.60. The summed E-state index contributed by atoms with van der Waals surface area (Å²) < 4.78 is 22.7. The smallest absolute Gasteiger partial charge is 0.337 e. The van der Waals surface area contributed by atoms with E-state index in [-0.39, 0.29) is 11.5 Å². The first-order chi connectivity index (χ1) is 10.3. The topological polar surface area (TPSA) is 71.1 Å². The van der Waals surface area contributed by atoms with Gasteiger partial charge in [0.05, 0.1) is 13.2 Å². The Bertz CT molecular complexity index is 440. The van der Waals surface area contributed by atoms with Crippen LogP contribution in [0.3, 0.4) is 0 Å². The number of esters is 1. The molecule has 3 atom stereocenters. The zero-order valence-electron chi connectivity index (χ0n) is 15.5. The van der Waals surface area contributed by atoms with Crippen molar-refractivity contribution in [1.82, 2.24) is 0 Å². The molecule has 1 aliphatic heterocycles. The van der Waals surface area contributed by atoms with Crippen molar-refractivity contribution in [2.75, 3.05) is 7.11 Å². The van der Waals surface area contributed by atoms with Crippen molar-refractivity contribution >= 4 is 20.6 Å². The molecular formula is C16H30O6Si. The highest BCUT2D eigenvalue weighted by molar-refractivity contribution is 6.74. The molecule has 1 heterocycles. The molecular weight excluding hydrogens is 316 g/mol. The normalized spacial score (nSPS) is 25.9. The number of ether oxygens (including phenoxy) is 3. The average Bonchev–Trinajstić information content (AvgIpc) is 2.72. The second-order valence-corrected chi connectivity index (χ2v) is 12.6. The van der Waals surface area contributed by atoms with E-state index in [9.17, 15) is 9.59 Å². The SMILES string of the molecule is COC(=O)[C@H]1OC(C)(C)O[C@H]1[C@H](CC=O)O[Si](C)(C)C(C)(C)C. The third-order valence-electron chi connectivity index (χ3n) is 4.51. The molecule has 1 fully saturated rings. The van der Waals surface area contributed by atoms with Crippen LogP contribution in [0.25, 0.3) is 0 Å². The third kappa shape index (κ3) is 4.85. The van der Waals surface area contributed by atoms with Crippen LogP contribution in [0.15, 0.2) is 0 Å². The molecule has 7 heteroatoms. The molecule has 1 saturated heterocycles. The van der Waals surface area contributed by atoms with Gasteiger partial charge in [-0.05, 0) is 32.0 Å². The van der Waals surface area contributed by atoms with Crippen molar-refractivity contribution in [3.8, 4) is 0 Å². The second kappa shape index (κ2) is 7.00. The molecule has 0 saturated carbocycles. The van der Waals surface area contributed by atoms with E-state index in [1.807, 2.05) is 0 Å². The molecule has 0 radical (unpaired) electrons. The van der Waals surface area contributed by atoms with Crippen LogP contribution >= 0.6 is 0 Å². The number of hydrogen-bond acceptors (Lipinski definition) is 6. The lowest BCUT2D eigenvalue weighted by atomic mass is 10.1. The Hall–Kier alpha value is -0.763. The van der Waals surface area contributed by atoms with Gasteiger partial charge in [-0.3, -0.25) is 0 Å². The van der Waals surface area contributed by atoms with Crippen LogP contribution in [-0.2, 0) is 28.2 Å². The molecule has 0 N–H and O–H groups in total. The second-order valence-electron chi connectivity index (χ2n) is 7.86. The summed E-state index contributed by atoms with van der Waals surface area (Å²) >= 11 is 0. The van der Waals surface area contributed by atoms with E-state index in [4.69, 9.17) is 18.6 Å². The van der Waals surface area contributed by atoms with Crippen LogP contribution in [0, 0.1) is 0 Å². The average molecular weight is 346 g/mol. The van der Waals surface area contributed by atoms with E-state index < -0.39 is 38.4 Å². The summed E-state index contributed by atoms with van der Waals surface area (Å²) in [6.07, 6.45) is -1.17. The first-order valence-electron chi connectivity index (χ1n) is 7.89. The third-order valence-corrected chi connectivity index (χ3v) is 9.01. The molecule has 1 aliphatic rings. The van der Waals surface area contributed by atoms with Crippen LogP contribution in [0.4, 0.5) is 0 Å². The van der Waals surface area contributed by atoms with Gasteiger partial charge in [0.25, 0.3) is 0 Å². The molecule has 1 rings (SSSR count). The molecule has 0 aliphatic carbocycles. The van der Waals surface area contributed by atoms with E-state index in [0.29, 0.717) is 0 Å². The molecule has 0 aromatic rings. The maximum atomic E-state index is 12.0. The molecule has 0 unspecified atom stereocenters. The van der Waals surface area contributed by atoms with E-state index in [0.717, 1.165) is 6.29 Å². The summed E-state index contributed by atoms with van der Waals surface area (Å²) in [6.45, 7) is 14.0. The Balaban J connectivity index is 3.07. The predicted molar refractivity (Wildman–Crippen MR) is 88.6 cm³/mol. The minimum atomic E-state index is -2.14. The highest BCUT2D eigenvalue weighted by atomic mass is 28.4. The lowest BCUT2D eigenvalue weighted by Crippen LogP contribution is -2.50. The number of carbonyl (C=O) groups is 2. The Labute approximate surface area is 139 Å². The van der Waals surface area contributed by atoms with Crippen LogP contribution in [0.5, 0.6) is 0 Å². The van der Waals surface area contributed by atoms with E-state index in [1.54, 1.807) is 13.8 Å². The standard InChI is InChI=1S/C16H30O6Si/c1-15(2,3)23(7,8)22-11(9-10-17)12-13(14(18)19-6)21-16(4,5)20-12/h10-13H,9H2,1-8H3/t11-,12-,13-/m0/s1. The van der Waals surface area contributed by atoms with E-state index in [1.165, 1.54) is 7.11 Å². The first kappa shape index (κ1) is 20.3. The highest BCUT2D eigenvalue weighted by Crippen LogP contribution is 2.40. The van der Waals surface area contributed by atoms with Crippen LogP contribution in [-0.4, -0.2) is 51.8 Å². The number of rotatable bonds is 6. The highest BCUT2D eigenvalue weighted by Gasteiger charge is 2.51. The molecule has 0 bridgehead atoms. The number of hydrogen-bond donors (Lipinski definition) is 0. The molecule has 134 valence electrons. The van der Waals surface area contributed by atoms with Crippen molar-refractivity contribution in [1.29, 1.82) is 0 Å². The van der Waals surface area contributed by atoms with Gasteiger partial charge in [-0.15, -0.1) is 0 Å². The minimum Gasteiger partial charge on any atom is -0.467 e. The van der Waals surface area contributed by atoms with Crippen molar-refractivity contribution in [2.24, 2.45) is 0 Å². The molecule has 0 aromatic carbocycles. The first-order valence-corrected chi connectivity index (χ1v) is 10.8. The predicted octanol–water partition coefficient (Wildman–Crippen LogP) is 2.66. The number of carbonyl (C=O) groups excluding carboxylic acids is 2. The van der Waals surface area contributed by atoms with Crippen LogP contribution in [0.2, 0.25) is 18.1 Å². The Morgan fingerprint density at radius 3 is 2.30 bits per heavy atom. The van der Waals surface area contributed by atoms with E-state index >= 15 is 0 Å². The van der Waals surface area contributed by atoms with Gasteiger partial charge in [0, 0.05) is 6.42 Å². The summed E-state index contributed by atoms with van der Waals surface area (Å²) in [4.78, 5) is 23.2. The Morgan fingerprint density at radius 1 is 1.30 bits per heavy atom. The molecule has 0 amide bonds. The molecule has 0 aromatic heterocycles. The Morgan fingerprint density at radius 2 is 1.87 bits per heavy atom. The van der Waals surface area contributed by atoms with Crippen molar-refractivity contribution in [3.05, 3.63) is 0 Å². The maximum absolute atomic E-state index is 12.0.